The fourth-order valence-corrected chi connectivity index (χ4v) is 3.57. The molecule has 150 valence electrons. The molecule has 2 amide bonds. The van der Waals surface area contributed by atoms with Crippen LogP contribution < -0.4 is 16.4 Å². The zero-order valence-corrected chi connectivity index (χ0v) is 15.6. The Hall–Kier alpha value is -3.62. The number of hydrogen-bond donors (Lipinski definition) is 3. The van der Waals surface area contributed by atoms with Crippen LogP contribution in [0.4, 0.5) is 0 Å². The lowest BCUT2D eigenvalue weighted by atomic mass is 9.97. The molecular weight excluding hydrogens is 376 g/mol. The molecule has 1 aliphatic heterocycles. The van der Waals surface area contributed by atoms with Crippen LogP contribution in [-0.2, 0) is 0 Å². The van der Waals surface area contributed by atoms with Gasteiger partial charge in [0.25, 0.3) is 11.8 Å². The lowest BCUT2D eigenvalue weighted by Gasteiger charge is -2.32. The van der Waals surface area contributed by atoms with E-state index in [-0.39, 0.29) is 28.7 Å². The van der Waals surface area contributed by atoms with Crippen LogP contribution in [0.25, 0.3) is 11.0 Å². The fraction of sp³-hybridized carbons (Fsp3) is 0.300. The van der Waals surface area contributed by atoms with E-state index in [0.29, 0.717) is 30.6 Å². The van der Waals surface area contributed by atoms with Crippen LogP contribution in [0.3, 0.4) is 0 Å². The van der Waals surface area contributed by atoms with Crippen molar-refractivity contribution in [1.82, 2.24) is 20.2 Å². The second-order valence-electron chi connectivity index (χ2n) is 7.10. The SMILES string of the molecule is O=C(NCC1CCCN(C(=O)c2c[nH]c(=O)[nH]2)C1)c1cc(=O)c2ccccc2o1. The highest BCUT2D eigenvalue weighted by Gasteiger charge is 2.26. The van der Waals surface area contributed by atoms with Gasteiger partial charge in [-0.3, -0.25) is 14.4 Å². The maximum absolute atomic E-state index is 12.5. The minimum atomic E-state index is -0.466. The molecule has 1 fully saturated rings. The van der Waals surface area contributed by atoms with Crippen molar-refractivity contribution < 1.29 is 14.0 Å². The van der Waals surface area contributed by atoms with Gasteiger partial charge in [0.05, 0.1) is 5.39 Å². The summed E-state index contributed by atoms with van der Waals surface area (Å²) in [6.45, 7) is 1.41. The van der Waals surface area contributed by atoms with Gasteiger partial charge in [-0.25, -0.2) is 4.79 Å². The molecule has 1 atom stereocenters. The van der Waals surface area contributed by atoms with Crippen molar-refractivity contribution in [1.29, 1.82) is 0 Å². The molecule has 0 aliphatic carbocycles. The second-order valence-corrected chi connectivity index (χ2v) is 7.10. The number of hydrogen-bond acceptors (Lipinski definition) is 5. The van der Waals surface area contributed by atoms with Gasteiger partial charge in [0.1, 0.15) is 11.3 Å². The third-order valence-corrected chi connectivity index (χ3v) is 5.04. The third-order valence-electron chi connectivity index (χ3n) is 5.04. The predicted molar refractivity (Wildman–Crippen MR) is 105 cm³/mol. The zero-order valence-electron chi connectivity index (χ0n) is 15.6. The number of rotatable bonds is 4. The van der Waals surface area contributed by atoms with E-state index in [4.69, 9.17) is 4.42 Å². The van der Waals surface area contributed by atoms with Gasteiger partial charge in [-0.2, -0.15) is 0 Å². The molecule has 1 aliphatic rings. The van der Waals surface area contributed by atoms with E-state index in [0.717, 1.165) is 12.8 Å². The Morgan fingerprint density at radius 2 is 2.07 bits per heavy atom. The summed E-state index contributed by atoms with van der Waals surface area (Å²) in [5.74, 6) is -0.692. The third kappa shape index (κ3) is 3.98. The van der Waals surface area contributed by atoms with E-state index in [2.05, 4.69) is 15.3 Å². The quantitative estimate of drug-likeness (QED) is 0.608. The minimum Gasteiger partial charge on any atom is -0.451 e. The first-order valence-corrected chi connectivity index (χ1v) is 9.39. The van der Waals surface area contributed by atoms with Crippen LogP contribution >= 0.6 is 0 Å². The highest BCUT2D eigenvalue weighted by Crippen LogP contribution is 2.18. The van der Waals surface area contributed by atoms with Gasteiger partial charge in [0.15, 0.2) is 11.2 Å². The molecule has 9 nitrogen and oxygen atoms in total. The van der Waals surface area contributed by atoms with Crippen LogP contribution in [0.15, 0.2) is 50.5 Å². The lowest BCUT2D eigenvalue weighted by molar-refractivity contribution is 0.0664. The Bertz CT molecular complexity index is 1180. The summed E-state index contributed by atoms with van der Waals surface area (Å²) in [4.78, 5) is 54.8. The first-order valence-electron chi connectivity index (χ1n) is 9.39. The summed E-state index contributed by atoms with van der Waals surface area (Å²) in [7, 11) is 0. The Balaban J connectivity index is 1.39. The summed E-state index contributed by atoms with van der Waals surface area (Å²) in [5, 5.41) is 3.21. The van der Waals surface area contributed by atoms with Gasteiger partial charge < -0.3 is 24.6 Å². The highest BCUT2D eigenvalue weighted by atomic mass is 16.3. The molecule has 3 N–H and O–H groups in total. The van der Waals surface area contributed by atoms with Gasteiger partial charge in [-0.15, -0.1) is 0 Å². The van der Waals surface area contributed by atoms with E-state index in [9.17, 15) is 19.2 Å². The molecule has 3 heterocycles. The molecule has 4 rings (SSSR count). The number of aromatic amines is 2. The van der Waals surface area contributed by atoms with E-state index >= 15 is 0 Å². The average molecular weight is 396 g/mol. The normalized spacial score (nSPS) is 16.7. The molecule has 1 saturated heterocycles. The minimum absolute atomic E-state index is 0.0395. The number of carbonyl (C=O) groups is 2. The van der Waals surface area contributed by atoms with Gasteiger partial charge in [-0.05, 0) is 30.9 Å². The molecule has 9 heteroatoms. The van der Waals surface area contributed by atoms with Crippen molar-refractivity contribution in [2.75, 3.05) is 19.6 Å². The monoisotopic (exact) mass is 396 g/mol. The first kappa shape index (κ1) is 18.7. The smallest absolute Gasteiger partial charge is 0.323 e. The highest BCUT2D eigenvalue weighted by molar-refractivity contribution is 5.93. The summed E-state index contributed by atoms with van der Waals surface area (Å²) < 4.78 is 5.55. The van der Waals surface area contributed by atoms with E-state index in [1.54, 1.807) is 29.2 Å². The molecule has 0 spiro atoms. The number of amides is 2. The topological polar surface area (TPSA) is 128 Å². The Morgan fingerprint density at radius 3 is 2.86 bits per heavy atom. The summed E-state index contributed by atoms with van der Waals surface area (Å²) in [6, 6.07) is 7.95. The number of aromatic nitrogens is 2. The van der Waals surface area contributed by atoms with Gasteiger partial charge in [0, 0.05) is 31.9 Å². The number of benzene rings is 1. The number of carbonyl (C=O) groups excluding carboxylic acids is 2. The lowest BCUT2D eigenvalue weighted by Crippen LogP contribution is -2.44. The number of piperidine rings is 1. The molecule has 1 aromatic carbocycles. The number of nitrogens with zero attached hydrogens (tertiary/aromatic N) is 1. The van der Waals surface area contributed by atoms with E-state index in [1.807, 2.05) is 0 Å². The van der Waals surface area contributed by atoms with Gasteiger partial charge in [0.2, 0.25) is 0 Å². The van der Waals surface area contributed by atoms with Crippen LogP contribution in [0.1, 0.15) is 33.9 Å². The Kier molecular flexibility index (Phi) is 5.03. The van der Waals surface area contributed by atoms with Crippen molar-refractivity contribution in [3.05, 3.63) is 68.7 Å². The number of H-pyrrole nitrogens is 2. The van der Waals surface area contributed by atoms with Crippen molar-refractivity contribution >= 4 is 22.8 Å². The zero-order chi connectivity index (χ0) is 20.4. The van der Waals surface area contributed by atoms with Crippen molar-refractivity contribution in [3.63, 3.8) is 0 Å². The number of likely N-dealkylation sites (tertiary alicyclic amines) is 1. The molecule has 29 heavy (non-hydrogen) atoms. The summed E-state index contributed by atoms with van der Waals surface area (Å²) in [6.07, 6.45) is 3.01. The van der Waals surface area contributed by atoms with Crippen molar-refractivity contribution in [3.8, 4) is 0 Å². The number of fused-ring (bicyclic) bond motifs is 1. The molecule has 2 aromatic heterocycles. The maximum atomic E-state index is 12.5. The number of para-hydroxylation sites is 1. The number of nitrogens with one attached hydrogen (secondary N) is 3. The number of imidazole rings is 1. The molecular formula is C20H20N4O5. The van der Waals surface area contributed by atoms with Crippen LogP contribution in [0, 0.1) is 5.92 Å². The van der Waals surface area contributed by atoms with E-state index < -0.39 is 11.6 Å². The van der Waals surface area contributed by atoms with Gasteiger partial charge in [-0.1, -0.05) is 12.1 Å². The van der Waals surface area contributed by atoms with Gasteiger partial charge >= 0.3 is 5.69 Å². The van der Waals surface area contributed by atoms with Crippen LogP contribution in [-0.4, -0.2) is 46.3 Å². The molecule has 0 saturated carbocycles. The summed E-state index contributed by atoms with van der Waals surface area (Å²) in [5.41, 5.74) is -0.115. The predicted octanol–water partition coefficient (Wildman–Crippen LogP) is 1.09. The van der Waals surface area contributed by atoms with Crippen molar-refractivity contribution in [2.45, 2.75) is 12.8 Å². The van der Waals surface area contributed by atoms with Crippen LogP contribution in [0.2, 0.25) is 0 Å². The molecule has 0 radical (unpaired) electrons. The standard InChI is InChI=1S/C20H20N4O5/c25-15-8-17(29-16-6-2-1-5-13(15)16)18(26)21-9-12-4-3-7-24(11-12)19(27)14-10-22-20(28)23-14/h1-2,5-6,8,10,12H,3-4,7,9,11H2,(H,21,26)(H2,22,23,28). The second kappa shape index (κ2) is 7.78. The fourth-order valence-electron chi connectivity index (χ4n) is 3.57. The molecule has 1 unspecified atom stereocenters. The largest absolute Gasteiger partial charge is 0.451 e. The summed E-state index contributed by atoms with van der Waals surface area (Å²) >= 11 is 0. The average Bonchev–Trinajstić information content (AvgIpc) is 3.18. The first-order chi connectivity index (χ1) is 14.0. The van der Waals surface area contributed by atoms with Crippen molar-refractivity contribution in [2.24, 2.45) is 5.92 Å². The van der Waals surface area contributed by atoms with Crippen LogP contribution in [0.5, 0.6) is 0 Å². The van der Waals surface area contributed by atoms with E-state index in [1.165, 1.54) is 12.3 Å². The molecule has 3 aromatic rings. The maximum Gasteiger partial charge on any atom is 0.323 e. The Labute approximate surface area is 164 Å². The molecule has 0 bridgehead atoms. The Morgan fingerprint density at radius 1 is 1.24 bits per heavy atom.